The number of aromatic nitrogens is 1. The minimum Gasteiger partial charge on any atom is -0.444 e. The van der Waals surface area contributed by atoms with Crippen molar-refractivity contribution in [1.29, 1.82) is 0 Å². The third-order valence-corrected chi connectivity index (χ3v) is 6.18. The average Bonchev–Trinajstić information content (AvgIpc) is 3.37. The zero-order valence-corrected chi connectivity index (χ0v) is 17.3. The third-order valence-electron chi connectivity index (χ3n) is 6.18. The summed E-state index contributed by atoms with van der Waals surface area (Å²) in [6.07, 6.45) is 3.84. The Morgan fingerprint density at radius 2 is 1.91 bits per heavy atom. The number of piperidine rings is 2. The second-order valence-corrected chi connectivity index (χ2v) is 8.22. The number of nitrogens with one attached hydrogen (secondary N) is 3. The molecule has 2 saturated heterocycles. The summed E-state index contributed by atoms with van der Waals surface area (Å²) in [6, 6.07) is 3.97. The molecule has 32 heavy (non-hydrogen) atoms. The Morgan fingerprint density at radius 1 is 1.09 bits per heavy atom. The fraction of sp³-hybridized carbons (Fsp3) is 0.409. The molecule has 4 heterocycles. The van der Waals surface area contributed by atoms with Gasteiger partial charge in [0.15, 0.2) is 5.89 Å². The molecule has 2 fully saturated rings. The highest BCUT2D eigenvalue weighted by Gasteiger charge is 2.45. The highest BCUT2D eigenvalue weighted by molar-refractivity contribution is 6.25. The lowest BCUT2D eigenvalue weighted by molar-refractivity contribution is -0.136. The van der Waals surface area contributed by atoms with E-state index in [1.807, 2.05) is 0 Å². The van der Waals surface area contributed by atoms with Gasteiger partial charge >= 0.3 is 0 Å². The predicted octanol–water partition coefficient (Wildman–Crippen LogP) is 1.15. The van der Waals surface area contributed by atoms with Crippen LogP contribution >= 0.6 is 0 Å². The number of imide groups is 2. The lowest BCUT2D eigenvalue weighted by Crippen LogP contribution is -2.54. The maximum Gasteiger partial charge on any atom is 0.264 e. The molecule has 0 bridgehead atoms. The fourth-order valence-corrected chi connectivity index (χ4v) is 4.51. The first-order chi connectivity index (χ1) is 15.5. The van der Waals surface area contributed by atoms with Crippen molar-refractivity contribution >= 4 is 29.3 Å². The van der Waals surface area contributed by atoms with E-state index in [-0.39, 0.29) is 24.0 Å². The van der Waals surface area contributed by atoms with Crippen molar-refractivity contribution < 1.29 is 23.6 Å². The van der Waals surface area contributed by atoms with Crippen LogP contribution in [0, 0.1) is 0 Å². The molecule has 1 atom stereocenters. The number of hydrogen-bond acceptors (Lipinski definition) is 8. The van der Waals surface area contributed by atoms with E-state index in [1.54, 1.807) is 24.4 Å². The number of anilines is 1. The summed E-state index contributed by atoms with van der Waals surface area (Å²) < 4.78 is 5.90. The van der Waals surface area contributed by atoms with Crippen LogP contribution in [-0.2, 0) is 16.1 Å². The fourth-order valence-electron chi connectivity index (χ4n) is 4.51. The van der Waals surface area contributed by atoms with Gasteiger partial charge in [-0.05, 0) is 44.5 Å². The van der Waals surface area contributed by atoms with Crippen LogP contribution in [0.1, 0.15) is 64.0 Å². The monoisotopic (exact) mass is 437 g/mol. The number of carbonyl (C=O) groups excluding carboxylic acids is 4. The van der Waals surface area contributed by atoms with Crippen LogP contribution in [0.3, 0.4) is 0 Å². The number of amides is 4. The zero-order chi connectivity index (χ0) is 22.2. The van der Waals surface area contributed by atoms with Gasteiger partial charge in [0.1, 0.15) is 11.8 Å². The van der Waals surface area contributed by atoms with Crippen molar-refractivity contribution in [2.45, 2.75) is 44.2 Å². The summed E-state index contributed by atoms with van der Waals surface area (Å²) in [5.41, 5.74) is 0.938. The van der Waals surface area contributed by atoms with E-state index in [2.05, 4.69) is 20.9 Å². The largest absolute Gasteiger partial charge is 0.444 e. The van der Waals surface area contributed by atoms with Crippen molar-refractivity contribution in [2.75, 3.05) is 18.4 Å². The Bertz CT molecular complexity index is 1100. The Balaban J connectivity index is 1.33. The summed E-state index contributed by atoms with van der Waals surface area (Å²) in [7, 11) is 0. The van der Waals surface area contributed by atoms with E-state index in [4.69, 9.17) is 4.42 Å². The second kappa shape index (κ2) is 8.19. The third kappa shape index (κ3) is 3.56. The molecular formula is C22H23N5O5. The molecule has 0 saturated carbocycles. The van der Waals surface area contributed by atoms with Crippen molar-refractivity contribution in [2.24, 2.45) is 0 Å². The molecule has 10 heteroatoms. The van der Waals surface area contributed by atoms with Crippen molar-refractivity contribution in [1.82, 2.24) is 20.5 Å². The van der Waals surface area contributed by atoms with E-state index in [1.165, 1.54) is 0 Å². The topological polar surface area (TPSA) is 134 Å². The standard InChI is InChI=1S/C22H23N5O5/c28-17-5-4-16(19(29)26-17)27-21(30)14-2-1-3-15(18(14)22(27)31)24-10-13-11-25-20(32-13)12-6-8-23-9-7-12/h1-3,11-12,16,23-24H,4-10H2,(H,26,28,29). The van der Waals surface area contributed by atoms with Gasteiger partial charge in [-0.15, -0.1) is 0 Å². The minimum absolute atomic E-state index is 0.0831. The number of nitrogens with zero attached hydrogens (tertiary/aromatic N) is 2. The number of carbonyl (C=O) groups is 4. The second-order valence-electron chi connectivity index (χ2n) is 8.22. The van der Waals surface area contributed by atoms with Gasteiger partial charge in [-0.25, -0.2) is 4.98 Å². The van der Waals surface area contributed by atoms with E-state index in [9.17, 15) is 19.2 Å². The lowest BCUT2D eigenvalue weighted by Gasteiger charge is -2.27. The molecule has 3 N–H and O–H groups in total. The molecule has 3 aliphatic heterocycles. The smallest absolute Gasteiger partial charge is 0.264 e. The van der Waals surface area contributed by atoms with Gasteiger partial charge in [-0.3, -0.25) is 29.4 Å². The number of benzene rings is 1. The van der Waals surface area contributed by atoms with Crippen LogP contribution in [0.25, 0.3) is 0 Å². The summed E-state index contributed by atoms with van der Waals surface area (Å²) in [5.74, 6) is -0.455. The van der Waals surface area contributed by atoms with Gasteiger partial charge < -0.3 is 15.1 Å². The SMILES string of the molecule is O=C1CCC(N2C(=O)c3cccc(NCc4cnc(C5CCNCC5)o4)c3C2=O)C(=O)N1. The Hall–Kier alpha value is -3.53. The van der Waals surface area contributed by atoms with Gasteiger partial charge in [0, 0.05) is 18.0 Å². The molecule has 10 nitrogen and oxygen atoms in total. The average molecular weight is 437 g/mol. The van der Waals surface area contributed by atoms with Gasteiger partial charge in [0.05, 0.1) is 23.9 Å². The van der Waals surface area contributed by atoms with Crippen LogP contribution in [0.15, 0.2) is 28.8 Å². The van der Waals surface area contributed by atoms with Crippen LogP contribution < -0.4 is 16.0 Å². The summed E-state index contributed by atoms with van der Waals surface area (Å²) in [4.78, 5) is 55.1. The molecule has 1 aromatic carbocycles. The van der Waals surface area contributed by atoms with Gasteiger partial charge in [0.2, 0.25) is 11.8 Å². The van der Waals surface area contributed by atoms with Gasteiger partial charge in [-0.2, -0.15) is 0 Å². The van der Waals surface area contributed by atoms with E-state index < -0.39 is 29.7 Å². The first kappa shape index (κ1) is 20.4. The molecule has 3 aliphatic rings. The van der Waals surface area contributed by atoms with Crippen molar-refractivity contribution in [3.63, 3.8) is 0 Å². The predicted molar refractivity (Wildman–Crippen MR) is 112 cm³/mol. The summed E-state index contributed by atoms with van der Waals surface area (Å²) in [5, 5.41) is 8.69. The maximum absolute atomic E-state index is 13.1. The van der Waals surface area contributed by atoms with Crippen LogP contribution in [0.2, 0.25) is 0 Å². The first-order valence-electron chi connectivity index (χ1n) is 10.8. The lowest BCUT2D eigenvalue weighted by atomic mass is 9.98. The summed E-state index contributed by atoms with van der Waals surface area (Å²) in [6.45, 7) is 2.18. The molecule has 4 amide bonds. The Kier molecular flexibility index (Phi) is 5.22. The summed E-state index contributed by atoms with van der Waals surface area (Å²) >= 11 is 0. The van der Waals surface area contributed by atoms with Crippen LogP contribution in [-0.4, -0.2) is 52.6 Å². The van der Waals surface area contributed by atoms with Crippen LogP contribution in [0.4, 0.5) is 5.69 Å². The number of rotatable bonds is 5. The molecule has 0 radical (unpaired) electrons. The molecular weight excluding hydrogens is 414 g/mol. The molecule has 0 spiro atoms. The number of fused-ring (bicyclic) bond motifs is 1. The maximum atomic E-state index is 13.1. The molecule has 2 aromatic rings. The Morgan fingerprint density at radius 3 is 2.69 bits per heavy atom. The van der Waals surface area contributed by atoms with Gasteiger partial charge in [-0.1, -0.05) is 6.07 Å². The number of hydrogen-bond donors (Lipinski definition) is 3. The molecule has 5 rings (SSSR count). The van der Waals surface area contributed by atoms with Crippen molar-refractivity contribution in [3.05, 3.63) is 47.2 Å². The van der Waals surface area contributed by atoms with E-state index in [0.29, 0.717) is 23.9 Å². The van der Waals surface area contributed by atoms with E-state index in [0.717, 1.165) is 36.7 Å². The number of oxazole rings is 1. The van der Waals surface area contributed by atoms with Gasteiger partial charge in [0.25, 0.3) is 11.8 Å². The Labute approximate surface area is 183 Å². The van der Waals surface area contributed by atoms with E-state index >= 15 is 0 Å². The molecule has 166 valence electrons. The molecule has 0 aliphatic carbocycles. The quantitative estimate of drug-likeness (QED) is 0.594. The highest BCUT2D eigenvalue weighted by Crippen LogP contribution is 2.33. The highest BCUT2D eigenvalue weighted by atomic mass is 16.4. The van der Waals surface area contributed by atoms with Crippen molar-refractivity contribution in [3.8, 4) is 0 Å². The minimum atomic E-state index is -0.991. The molecule has 1 aromatic heterocycles. The zero-order valence-electron chi connectivity index (χ0n) is 17.3. The first-order valence-corrected chi connectivity index (χ1v) is 10.8. The van der Waals surface area contributed by atoms with Crippen LogP contribution in [0.5, 0.6) is 0 Å². The molecule has 1 unspecified atom stereocenters. The normalized spacial score (nSPS) is 21.6.